The molecule has 148 valence electrons. The molecule has 0 amide bonds. The van der Waals surface area contributed by atoms with Crippen LogP contribution in [0.4, 0.5) is 0 Å². The number of imidazole rings is 1. The van der Waals surface area contributed by atoms with Crippen molar-refractivity contribution in [2.45, 2.75) is 27.4 Å². The number of pyridine rings is 1. The summed E-state index contributed by atoms with van der Waals surface area (Å²) >= 11 is 0. The fraction of sp³-hybridized carbons (Fsp3) is 0.261. The summed E-state index contributed by atoms with van der Waals surface area (Å²) in [6.45, 7) is 6.60. The van der Waals surface area contributed by atoms with E-state index < -0.39 is 5.97 Å². The van der Waals surface area contributed by atoms with Gasteiger partial charge in [-0.05, 0) is 36.1 Å². The number of ether oxygens (including phenoxy) is 2. The van der Waals surface area contributed by atoms with Crippen LogP contribution in [0.2, 0.25) is 0 Å². The van der Waals surface area contributed by atoms with Crippen LogP contribution < -0.4 is 4.74 Å². The highest BCUT2D eigenvalue weighted by atomic mass is 16.5. The van der Waals surface area contributed by atoms with Gasteiger partial charge in [-0.3, -0.25) is 4.40 Å². The van der Waals surface area contributed by atoms with E-state index in [2.05, 4.69) is 4.98 Å². The lowest BCUT2D eigenvalue weighted by molar-refractivity contribution is -0.139. The average molecular weight is 389 g/mol. The van der Waals surface area contributed by atoms with Crippen LogP contribution in [-0.2, 0) is 16.1 Å². The molecular weight excluding hydrogens is 366 g/mol. The molecule has 29 heavy (non-hydrogen) atoms. The summed E-state index contributed by atoms with van der Waals surface area (Å²) in [4.78, 5) is 17.0. The highest BCUT2D eigenvalue weighted by Gasteiger charge is 2.18. The minimum absolute atomic E-state index is 0.0989. The highest BCUT2D eigenvalue weighted by Crippen LogP contribution is 2.25. The summed E-state index contributed by atoms with van der Waals surface area (Å²) < 4.78 is 13.0. The fourth-order valence-electron chi connectivity index (χ4n) is 2.76. The third-order valence-electron chi connectivity index (χ3n) is 4.24. The van der Waals surface area contributed by atoms with E-state index in [1.807, 2.05) is 79.9 Å². The van der Waals surface area contributed by atoms with Gasteiger partial charge in [-0.2, -0.15) is 10.2 Å². The molecule has 0 N–H and O–H groups in total. The summed E-state index contributed by atoms with van der Waals surface area (Å²) in [6, 6.07) is 15.1. The number of nitrogens with zero attached hydrogens (tertiary/aromatic N) is 3. The van der Waals surface area contributed by atoms with Crippen molar-refractivity contribution in [3.05, 3.63) is 71.1 Å². The standard InChI is InChI=1S/C23H23N3O3/c1-16(2)14-28-22-20(26-11-7-8-17(3)21(26)25-22)12-19(13-24)23(27)29-15-18-9-5-4-6-10-18/h4-12,16H,14-15H2,1-3H3/b19-12-. The first kappa shape index (κ1) is 20.2. The number of aromatic nitrogens is 2. The molecule has 6 nitrogen and oxygen atoms in total. The van der Waals surface area contributed by atoms with Gasteiger partial charge in [0.2, 0.25) is 5.88 Å². The van der Waals surface area contributed by atoms with Gasteiger partial charge in [-0.15, -0.1) is 0 Å². The Balaban J connectivity index is 1.93. The van der Waals surface area contributed by atoms with Crippen molar-refractivity contribution in [3.63, 3.8) is 0 Å². The molecule has 3 aromatic rings. The summed E-state index contributed by atoms with van der Waals surface area (Å²) in [7, 11) is 0. The van der Waals surface area contributed by atoms with Crippen LogP contribution in [0.3, 0.4) is 0 Å². The van der Waals surface area contributed by atoms with Gasteiger partial charge in [0.05, 0.1) is 6.61 Å². The van der Waals surface area contributed by atoms with E-state index in [1.54, 1.807) is 0 Å². The van der Waals surface area contributed by atoms with Crippen LogP contribution in [0.15, 0.2) is 54.2 Å². The van der Waals surface area contributed by atoms with Gasteiger partial charge < -0.3 is 9.47 Å². The Morgan fingerprint density at radius 1 is 1.24 bits per heavy atom. The van der Waals surface area contributed by atoms with E-state index >= 15 is 0 Å². The van der Waals surface area contributed by atoms with Crippen molar-refractivity contribution in [1.29, 1.82) is 5.26 Å². The monoisotopic (exact) mass is 389 g/mol. The van der Waals surface area contributed by atoms with E-state index in [0.29, 0.717) is 29.7 Å². The lowest BCUT2D eigenvalue weighted by atomic mass is 10.2. The number of carbonyl (C=O) groups is 1. The van der Waals surface area contributed by atoms with Gasteiger partial charge >= 0.3 is 5.97 Å². The Bertz CT molecular complexity index is 1080. The van der Waals surface area contributed by atoms with Crippen LogP contribution >= 0.6 is 0 Å². The fourth-order valence-corrected chi connectivity index (χ4v) is 2.76. The number of hydrogen-bond donors (Lipinski definition) is 0. The maximum absolute atomic E-state index is 12.5. The van der Waals surface area contributed by atoms with E-state index in [1.165, 1.54) is 6.08 Å². The highest BCUT2D eigenvalue weighted by molar-refractivity contribution is 5.98. The van der Waals surface area contributed by atoms with Crippen LogP contribution in [0.25, 0.3) is 11.7 Å². The number of aryl methyl sites for hydroxylation is 1. The van der Waals surface area contributed by atoms with E-state index in [4.69, 9.17) is 9.47 Å². The molecule has 1 aromatic carbocycles. The maximum atomic E-state index is 12.5. The second-order valence-electron chi connectivity index (χ2n) is 7.12. The number of fused-ring (bicyclic) bond motifs is 1. The molecule has 2 aromatic heterocycles. The Morgan fingerprint density at radius 3 is 2.69 bits per heavy atom. The molecule has 6 heteroatoms. The maximum Gasteiger partial charge on any atom is 0.349 e. The second kappa shape index (κ2) is 9.07. The molecule has 2 heterocycles. The number of nitriles is 1. The van der Waals surface area contributed by atoms with Crippen molar-refractivity contribution in [3.8, 4) is 11.9 Å². The number of carbonyl (C=O) groups excluding carboxylic acids is 1. The van der Waals surface area contributed by atoms with Crippen molar-refractivity contribution >= 4 is 17.7 Å². The van der Waals surface area contributed by atoms with Gasteiger partial charge in [0.15, 0.2) is 0 Å². The van der Waals surface area contributed by atoms with Crippen LogP contribution in [-0.4, -0.2) is 22.0 Å². The van der Waals surface area contributed by atoms with Crippen molar-refractivity contribution in [2.24, 2.45) is 5.92 Å². The molecule has 3 rings (SSSR count). The van der Waals surface area contributed by atoms with Crippen LogP contribution in [0.5, 0.6) is 5.88 Å². The van der Waals surface area contributed by atoms with Crippen LogP contribution in [0.1, 0.15) is 30.7 Å². The zero-order valence-corrected chi connectivity index (χ0v) is 16.8. The molecule has 0 fully saturated rings. The van der Waals surface area contributed by atoms with Crippen molar-refractivity contribution < 1.29 is 14.3 Å². The molecule has 0 saturated heterocycles. The minimum atomic E-state index is -0.686. The summed E-state index contributed by atoms with van der Waals surface area (Å²) in [6.07, 6.45) is 3.30. The molecule has 0 aliphatic carbocycles. The molecular formula is C23H23N3O3. The molecule has 0 unspecified atom stereocenters. The molecule has 0 bridgehead atoms. The number of esters is 1. The lowest BCUT2D eigenvalue weighted by Crippen LogP contribution is -2.08. The molecule has 0 saturated carbocycles. The lowest BCUT2D eigenvalue weighted by Gasteiger charge is -2.07. The molecule has 0 atom stereocenters. The molecule has 0 spiro atoms. The average Bonchev–Trinajstić information content (AvgIpc) is 3.08. The smallest absolute Gasteiger partial charge is 0.349 e. The first-order valence-corrected chi connectivity index (χ1v) is 9.43. The van der Waals surface area contributed by atoms with Crippen molar-refractivity contribution in [2.75, 3.05) is 6.61 Å². The number of rotatable bonds is 7. The number of benzene rings is 1. The predicted octanol–water partition coefficient (Wildman–Crippen LogP) is 4.33. The van der Waals surface area contributed by atoms with E-state index in [9.17, 15) is 10.1 Å². The summed E-state index contributed by atoms with van der Waals surface area (Å²) in [5, 5.41) is 9.54. The SMILES string of the molecule is Cc1cccn2c(/C=C(/C#N)C(=O)OCc3ccccc3)c(OCC(C)C)nc12. The minimum Gasteiger partial charge on any atom is -0.476 e. The zero-order valence-electron chi connectivity index (χ0n) is 16.8. The first-order chi connectivity index (χ1) is 14.0. The largest absolute Gasteiger partial charge is 0.476 e. The Kier molecular flexibility index (Phi) is 6.30. The third kappa shape index (κ3) is 4.82. The third-order valence-corrected chi connectivity index (χ3v) is 4.24. The van der Waals surface area contributed by atoms with E-state index in [-0.39, 0.29) is 12.2 Å². The first-order valence-electron chi connectivity index (χ1n) is 9.43. The Hall–Kier alpha value is -3.59. The topological polar surface area (TPSA) is 76.6 Å². The second-order valence-corrected chi connectivity index (χ2v) is 7.12. The molecule has 0 radical (unpaired) electrons. The normalized spacial score (nSPS) is 11.5. The van der Waals surface area contributed by atoms with Gasteiger partial charge in [0.1, 0.15) is 29.6 Å². The summed E-state index contributed by atoms with van der Waals surface area (Å²) in [5.74, 6) is 0.00869. The Labute approximate surface area is 170 Å². The summed E-state index contributed by atoms with van der Waals surface area (Å²) in [5.41, 5.74) is 2.96. The quantitative estimate of drug-likeness (QED) is 0.341. The van der Waals surface area contributed by atoms with Gasteiger partial charge in [0.25, 0.3) is 0 Å². The zero-order chi connectivity index (χ0) is 20.8. The predicted molar refractivity (Wildman–Crippen MR) is 110 cm³/mol. The van der Waals surface area contributed by atoms with E-state index in [0.717, 1.165) is 11.1 Å². The van der Waals surface area contributed by atoms with Gasteiger partial charge in [-0.25, -0.2) is 4.79 Å². The van der Waals surface area contributed by atoms with Crippen molar-refractivity contribution in [1.82, 2.24) is 9.38 Å². The van der Waals surface area contributed by atoms with Gasteiger partial charge in [-0.1, -0.05) is 50.2 Å². The molecule has 0 aliphatic rings. The van der Waals surface area contributed by atoms with Crippen LogP contribution in [0, 0.1) is 24.2 Å². The molecule has 0 aliphatic heterocycles. The van der Waals surface area contributed by atoms with Gasteiger partial charge in [0, 0.05) is 6.20 Å². The Morgan fingerprint density at radius 2 is 2.00 bits per heavy atom. The number of hydrogen-bond acceptors (Lipinski definition) is 5.